The zero-order valence-corrected chi connectivity index (χ0v) is 18.2. The number of nitrogens with zero attached hydrogens (tertiary/aromatic N) is 3. The molecule has 8 heteroatoms. The highest BCUT2D eigenvalue weighted by atomic mass is 16.3. The molecular formula is C23H34N4O4. The molecule has 1 aliphatic carbocycles. The van der Waals surface area contributed by atoms with Gasteiger partial charge >= 0.3 is 6.03 Å². The first-order valence-electron chi connectivity index (χ1n) is 11.4. The second-order valence-corrected chi connectivity index (χ2v) is 9.24. The van der Waals surface area contributed by atoms with Gasteiger partial charge in [0.05, 0.1) is 12.7 Å². The van der Waals surface area contributed by atoms with Crippen LogP contribution in [0.2, 0.25) is 0 Å². The van der Waals surface area contributed by atoms with Crippen LogP contribution < -0.4 is 5.32 Å². The molecule has 3 atom stereocenters. The molecule has 2 heterocycles. The Morgan fingerprint density at radius 2 is 1.94 bits per heavy atom. The third-order valence-electron chi connectivity index (χ3n) is 7.40. The number of hydrogen-bond acceptors (Lipinski definition) is 5. The number of nitrogens with one attached hydrogen (secondary N) is 1. The highest BCUT2D eigenvalue weighted by Gasteiger charge is 2.51. The van der Waals surface area contributed by atoms with E-state index in [9.17, 15) is 19.8 Å². The maximum absolute atomic E-state index is 12.9. The molecule has 3 amide bonds. The number of anilines is 1. The first kappa shape index (κ1) is 22.0. The molecule has 3 aliphatic rings. The van der Waals surface area contributed by atoms with Gasteiger partial charge in [-0.25, -0.2) is 4.79 Å². The smallest absolute Gasteiger partial charge is 0.322 e. The Morgan fingerprint density at radius 1 is 1.19 bits per heavy atom. The summed E-state index contributed by atoms with van der Waals surface area (Å²) in [6.45, 7) is 4.76. The summed E-state index contributed by atoms with van der Waals surface area (Å²) in [5, 5.41) is 23.2. The molecule has 1 aromatic carbocycles. The second-order valence-electron chi connectivity index (χ2n) is 9.24. The van der Waals surface area contributed by atoms with E-state index >= 15 is 0 Å². The largest absolute Gasteiger partial charge is 0.395 e. The van der Waals surface area contributed by atoms with Gasteiger partial charge in [0.15, 0.2) is 0 Å². The number of aliphatic hydroxyl groups is 2. The molecule has 31 heavy (non-hydrogen) atoms. The quantitative estimate of drug-likeness (QED) is 0.633. The van der Waals surface area contributed by atoms with Crippen LogP contribution in [-0.2, 0) is 4.79 Å². The van der Waals surface area contributed by atoms with E-state index in [1.54, 1.807) is 16.7 Å². The Labute approximate surface area is 183 Å². The molecule has 2 aliphatic heterocycles. The van der Waals surface area contributed by atoms with E-state index in [4.69, 9.17) is 0 Å². The fourth-order valence-electron chi connectivity index (χ4n) is 4.96. The molecule has 3 N–H and O–H groups in total. The van der Waals surface area contributed by atoms with Crippen LogP contribution in [0.3, 0.4) is 0 Å². The van der Waals surface area contributed by atoms with E-state index in [1.165, 1.54) is 0 Å². The van der Waals surface area contributed by atoms with Crippen LogP contribution in [0.25, 0.3) is 0 Å². The predicted octanol–water partition coefficient (Wildman–Crippen LogP) is 1.35. The van der Waals surface area contributed by atoms with Crippen LogP contribution in [0.1, 0.15) is 32.6 Å². The zero-order valence-electron chi connectivity index (χ0n) is 18.2. The SMILES string of the molecule is C[C@H]1C(=O)N(CC[C@@H](CO)N2CCC3(CC3)[C@H](O)C2)CCN1C(=O)Nc1ccccc1. The maximum Gasteiger partial charge on any atom is 0.322 e. The van der Waals surface area contributed by atoms with E-state index in [0.717, 1.165) is 25.8 Å². The molecule has 170 valence electrons. The van der Waals surface area contributed by atoms with Crippen molar-refractivity contribution < 1.29 is 19.8 Å². The van der Waals surface area contributed by atoms with Crippen LogP contribution in [0.15, 0.2) is 30.3 Å². The fraction of sp³-hybridized carbons (Fsp3) is 0.652. The summed E-state index contributed by atoms with van der Waals surface area (Å²) in [5.41, 5.74) is 0.843. The van der Waals surface area contributed by atoms with E-state index in [0.29, 0.717) is 38.3 Å². The molecule has 1 aromatic rings. The minimum Gasteiger partial charge on any atom is -0.395 e. The summed E-state index contributed by atoms with van der Waals surface area (Å²) >= 11 is 0. The molecule has 0 bridgehead atoms. The molecule has 0 unspecified atom stereocenters. The standard InChI is InChI=1S/C23H34N4O4/c1-17-21(30)25(13-14-27(17)22(31)24-18-5-3-2-4-6-18)11-7-19(16-28)26-12-10-23(8-9-23)20(29)15-26/h2-6,17,19-20,28-29H,7-16H2,1H3,(H,24,31)/t17-,19-,20+/m0/s1. The lowest BCUT2D eigenvalue weighted by Gasteiger charge is -2.42. The summed E-state index contributed by atoms with van der Waals surface area (Å²) < 4.78 is 0. The number of carbonyl (C=O) groups excluding carboxylic acids is 2. The molecule has 0 radical (unpaired) electrons. The molecular weight excluding hydrogens is 396 g/mol. The van der Waals surface area contributed by atoms with E-state index in [-0.39, 0.29) is 36.1 Å². The molecule has 2 saturated heterocycles. The van der Waals surface area contributed by atoms with Gasteiger partial charge in [-0.3, -0.25) is 9.69 Å². The summed E-state index contributed by atoms with van der Waals surface area (Å²) in [6, 6.07) is 8.36. The minimum atomic E-state index is -0.531. The van der Waals surface area contributed by atoms with Crippen molar-refractivity contribution in [3.05, 3.63) is 30.3 Å². The van der Waals surface area contributed by atoms with Crippen molar-refractivity contribution in [2.24, 2.45) is 5.41 Å². The Morgan fingerprint density at radius 3 is 2.58 bits per heavy atom. The third kappa shape index (κ3) is 4.71. The summed E-state index contributed by atoms with van der Waals surface area (Å²) in [5.74, 6) is -0.0678. The number of amides is 3. The number of carbonyl (C=O) groups is 2. The maximum atomic E-state index is 12.9. The number of benzene rings is 1. The number of rotatable bonds is 6. The first-order valence-corrected chi connectivity index (χ1v) is 11.4. The van der Waals surface area contributed by atoms with Gasteiger partial charge in [0.25, 0.3) is 0 Å². The number of aliphatic hydroxyl groups excluding tert-OH is 2. The fourth-order valence-corrected chi connectivity index (χ4v) is 4.96. The van der Waals surface area contributed by atoms with E-state index in [2.05, 4.69) is 10.2 Å². The normalized spacial score (nSPS) is 26.7. The van der Waals surface area contributed by atoms with Crippen molar-refractivity contribution in [2.45, 2.75) is 50.8 Å². The lowest BCUT2D eigenvalue weighted by atomic mass is 9.89. The van der Waals surface area contributed by atoms with Gasteiger partial charge in [0.1, 0.15) is 6.04 Å². The lowest BCUT2D eigenvalue weighted by Crippen LogP contribution is -2.59. The number of piperazine rings is 1. The van der Waals surface area contributed by atoms with E-state index in [1.807, 2.05) is 30.3 Å². The highest BCUT2D eigenvalue weighted by molar-refractivity contribution is 5.94. The molecule has 1 spiro atoms. The Bertz CT molecular complexity index is 785. The number of hydrogen-bond donors (Lipinski definition) is 3. The molecule has 4 rings (SSSR count). The van der Waals surface area contributed by atoms with Crippen molar-refractivity contribution in [3.8, 4) is 0 Å². The zero-order chi connectivity index (χ0) is 22.0. The van der Waals surface area contributed by atoms with Gasteiger partial charge in [-0.05, 0) is 56.7 Å². The number of urea groups is 1. The van der Waals surface area contributed by atoms with Gasteiger partial charge in [-0.1, -0.05) is 18.2 Å². The summed E-state index contributed by atoms with van der Waals surface area (Å²) in [6.07, 6.45) is 3.55. The highest BCUT2D eigenvalue weighted by Crippen LogP contribution is 2.53. The molecule has 1 saturated carbocycles. The third-order valence-corrected chi connectivity index (χ3v) is 7.40. The predicted molar refractivity (Wildman–Crippen MR) is 118 cm³/mol. The number of piperidine rings is 1. The van der Waals surface area contributed by atoms with Crippen molar-refractivity contribution in [2.75, 3.05) is 44.6 Å². The second kappa shape index (κ2) is 9.14. The topological polar surface area (TPSA) is 96.3 Å². The van der Waals surface area contributed by atoms with Crippen molar-refractivity contribution >= 4 is 17.6 Å². The van der Waals surface area contributed by atoms with Crippen LogP contribution in [0.4, 0.5) is 10.5 Å². The van der Waals surface area contributed by atoms with Gasteiger partial charge in [0.2, 0.25) is 5.91 Å². The molecule has 0 aromatic heterocycles. The average Bonchev–Trinajstić information content (AvgIpc) is 3.55. The van der Waals surface area contributed by atoms with Crippen molar-refractivity contribution in [3.63, 3.8) is 0 Å². The van der Waals surface area contributed by atoms with Crippen molar-refractivity contribution in [1.29, 1.82) is 0 Å². The van der Waals surface area contributed by atoms with Crippen LogP contribution in [0.5, 0.6) is 0 Å². The van der Waals surface area contributed by atoms with Crippen LogP contribution >= 0.6 is 0 Å². The lowest BCUT2D eigenvalue weighted by molar-refractivity contribution is -0.139. The van der Waals surface area contributed by atoms with Gasteiger partial charge in [-0.15, -0.1) is 0 Å². The summed E-state index contributed by atoms with van der Waals surface area (Å²) in [4.78, 5) is 31.1. The number of para-hydroxylation sites is 1. The van der Waals surface area contributed by atoms with Crippen LogP contribution in [0, 0.1) is 5.41 Å². The monoisotopic (exact) mass is 430 g/mol. The number of likely N-dealkylation sites (tertiary alicyclic amines) is 1. The van der Waals surface area contributed by atoms with E-state index < -0.39 is 6.04 Å². The molecule has 3 fully saturated rings. The molecule has 8 nitrogen and oxygen atoms in total. The van der Waals surface area contributed by atoms with Crippen molar-refractivity contribution in [1.82, 2.24) is 14.7 Å². The Kier molecular flexibility index (Phi) is 6.50. The minimum absolute atomic E-state index is 0.0168. The van der Waals surface area contributed by atoms with Crippen LogP contribution in [-0.4, -0.2) is 94.4 Å². The first-order chi connectivity index (χ1) is 14.9. The van der Waals surface area contributed by atoms with Gasteiger partial charge in [0, 0.05) is 37.9 Å². The number of β-amino-alcohol motifs (C(OH)–C–C–N with tert-alkyl or cyclic N) is 1. The van der Waals surface area contributed by atoms with Gasteiger partial charge < -0.3 is 25.3 Å². The van der Waals surface area contributed by atoms with Gasteiger partial charge in [-0.2, -0.15) is 0 Å². The summed E-state index contributed by atoms with van der Waals surface area (Å²) in [7, 11) is 0. The Balaban J connectivity index is 1.28. The average molecular weight is 431 g/mol. The Hall–Kier alpha value is -2.16.